The monoisotopic (exact) mass is 243 g/mol. The minimum Gasteiger partial charge on any atom is -0.356 e. The normalized spacial score (nSPS) is 31.5. The molecule has 1 aromatic heterocycles. The van der Waals surface area contributed by atoms with E-state index >= 15 is 0 Å². The first-order chi connectivity index (χ1) is 7.97. The van der Waals surface area contributed by atoms with E-state index in [0.29, 0.717) is 17.7 Å². The Morgan fingerprint density at radius 3 is 2.35 bits per heavy atom. The van der Waals surface area contributed by atoms with Gasteiger partial charge in [-0.25, -0.2) is 4.98 Å². The van der Waals surface area contributed by atoms with Crippen molar-refractivity contribution in [2.75, 3.05) is 18.0 Å². The van der Waals surface area contributed by atoms with Gasteiger partial charge in [0.1, 0.15) is 5.82 Å². The van der Waals surface area contributed by atoms with Gasteiger partial charge in [0.05, 0.1) is 5.56 Å². The first-order valence-corrected chi connectivity index (χ1v) is 5.50. The van der Waals surface area contributed by atoms with Crippen LogP contribution in [0.15, 0.2) is 18.3 Å². The van der Waals surface area contributed by atoms with Crippen LogP contribution in [0, 0.1) is 11.8 Å². The number of rotatable bonds is 1. The predicted molar refractivity (Wildman–Crippen MR) is 56.4 cm³/mol. The number of nitrogens with two attached hydrogens (primary N) is 1. The van der Waals surface area contributed by atoms with Crippen LogP contribution < -0.4 is 10.6 Å². The number of halogens is 3. The molecule has 0 spiro atoms. The lowest BCUT2D eigenvalue weighted by Gasteiger charge is -2.20. The molecule has 0 bridgehead atoms. The maximum absolute atomic E-state index is 12.3. The van der Waals surface area contributed by atoms with Crippen molar-refractivity contribution < 1.29 is 13.2 Å². The highest BCUT2D eigenvalue weighted by molar-refractivity contribution is 5.43. The minimum absolute atomic E-state index is 0.278. The summed E-state index contributed by atoms with van der Waals surface area (Å²) in [6, 6.07) is 2.78. The Hall–Kier alpha value is -1.30. The van der Waals surface area contributed by atoms with Crippen molar-refractivity contribution >= 4 is 5.82 Å². The Morgan fingerprint density at radius 1 is 1.24 bits per heavy atom. The quantitative estimate of drug-likeness (QED) is 0.812. The number of anilines is 1. The molecule has 1 aliphatic heterocycles. The summed E-state index contributed by atoms with van der Waals surface area (Å²) in [5, 5.41) is 0. The fourth-order valence-corrected chi connectivity index (χ4v) is 2.50. The SMILES string of the molecule is NC1C2CN(c3ccc(C(F)(F)F)cn3)CC12. The van der Waals surface area contributed by atoms with Gasteiger partial charge in [0.2, 0.25) is 0 Å². The molecule has 2 fully saturated rings. The number of fused-ring (bicyclic) bond motifs is 1. The molecule has 3 rings (SSSR count). The molecule has 92 valence electrons. The van der Waals surface area contributed by atoms with Gasteiger partial charge in [-0.15, -0.1) is 0 Å². The molecule has 1 saturated carbocycles. The number of hydrogen-bond acceptors (Lipinski definition) is 3. The number of pyridine rings is 1. The lowest BCUT2D eigenvalue weighted by atomic mass is 10.2. The van der Waals surface area contributed by atoms with Gasteiger partial charge in [-0.2, -0.15) is 13.2 Å². The van der Waals surface area contributed by atoms with Crippen molar-refractivity contribution in [3.05, 3.63) is 23.9 Å². The molecule has 17 heavy (non-hydrogen) atoms. The summed E-state index contributed by atoms with van der Waals surface area (Å²) in [5.74, 6) is 1.61. The van der Waals surface area contributed by atoms with Crippen molar-refractivity contribution in [3.63, 3.8) is 0 Å². The molecule has 0 aromatic carbocycles. The third-order valence-corrected chi connectivity index (χ3v) is 3.66. The Bertz CT molecular complexity index is 417. The van der Waals surface area contributed by atoms with Crippen molar-refractivity contribution in [3.8, 4) is 0 Å². The van der Waals surface area contributed by atoms with Gasteiger partial charge in [0.15, 0.2) is 0 Å². The molecule has 2 unspecified atom stereocenters. The van der Waals surface area contributed by atoms with Crippen molar-refractivity contribution in [1.29, 1.82) is 0 Å². The second-order valence-corrected chi connectivity index (χ2v) is 4.71. The van der Waals surface area contributed by atoms with Crippen LogP contribution in [-0.2, 0) is 6.18 Å². The van der Waals surface area contributed by atoms with E-state index in [1.54, 1.807) is 0 Å². The van der Waals surface area contributed by atoms with Gasteiger partial charge >= 0.3 is 6.18 Å². The smallest absolute Gasteiger partial charge is 0.356 e. The van der Waals surface area contributed by atoms with Crippen LogP contribution in [0.5, 0.6) is 0 Å². The Labute approximate surface area is 96.4 Å². The van der Waals surface area contributed by atoms with Gasteiger partial charge in [0.25, 0.3) is 0 Å². The van der Waals surface area contributed by atoms with E-state index in [1.165, 1.54) is 6.07 Å². The molecule has 1 aromatic rings. The number of alkyl halides is 3. The van der Waals surface area contributed by atoms with Gasteiger partial charge in [-0.05, 0) is 24.0 Å². The summed E-state index contributed by atoms with van der Waals surface area (Å²) in [6.07, 6.45) is -3.43. The zero-order valence-corrected chi connectivity index (χ0v) is 8.98. The molecule has 3 nitrogen and oxygen atoms in total. The van der Waals surface area contributed by atoms with Gasteiger partial charge in [-0.3, -0.25) is 0 Å². The van der Waals surface area contributed by atoms with E-state index in [2.05, 4.69) is 4.98 Å². The van der Waals surface area contributed by atoms with Gasteiger partial charge < -0.3 is 10.6 Å². The van der Waals surface area contributed by atoms with E-state index in [-0.39, 0.29) is 6.04 Å². The highest BCUT2D eigenvalue weighted by atomic mass is 19.4. The number of aromatic nitrogens is 1. The fourth-order valence-electron chi connectivity index (χ4n) is 2.50. The molecular formula is C11H12F3N3. The van der Waals surface area contributed by atoms with Crippen LogP contribution in [0.3, 0.4) is 0 Å². The van der Waals surface area contributed by atoms with Crippen molar-refractivity contribution in [1.82, 2.24) is 4.98 Å². The average Bonchev–Trinajstić information content (AvgIpc) is 2.75. The number of hydrogen-bond donors (Lipinski definition) is 1. The van der Waals surface area contributed by atoms with Crippen LogP contribution in [0.1, 0.15) is 5.56 Å². The molecule has 0 amide bonds. The molecular weight excluding hydrogens is 231 g/mol. The van der Waals surface area contributed by atoms with Crippen LogP contribution in [0.2, 0.25) is 0 Å². The third-order valence-electron chi connectivity index (χ3n) is 3.66. The molecule has 2 N–H and O–H groups in total. The molecule has 2 heterocycles. The zero-order valence-electron chi connectivity index (χ0n) is 8.98. The fraction of sp³-hybridized carbons (Fsp3) is 0.545. The standard InChI is InChI=1S/C11H12F3N3/c12-11(13,14)6-1-2-9(16-3-6)17-4-7-8(5-17)10(7)15/h1-3,7-8,10H,4-5,15H2. The van der Waals surface area contributed by atoms with Crippen molar-refractivity contribution in [2.24, 2.45) is 17.6 Å². The topological polar surface area (TPSA) is 42.1 Å². The molecule has 6 heteroatoms. The summed E-state index contributed by atoms with van der Waals surface area (Å²) >= 11 is 0. The summed E-state index contributed by atoms with van der Waals surface area (Å²) in [5.41, 5.74) is 5.09. The van der Waals surface area contributed by atoms with Crippen LogP contribution >= 0.6 is 0 Å². The first kappa shape index (κ1) is 10.8. The second kappa shape index (κ2) is 3.35. The molecule has 1 saturated heterocycles. The number of piperidine rings is 1. The Balaban J connectivity index is 1.73. The highest BCUT2D eigenvalue weighted by Crippen LogP contribution is 2.44. The second-order valence-electron chi connectivity index (χ2n) is 4.71. The molecule has 2 aliphatic rings. The minimum atomic E-state index is -4.32. The largest absolute Gasteiger partial charge is 0.417 e. The van der Waals surface area contributed by atoms with Crippen LogP contribution in [0.4, 0.5) is 19.0 Å². The predicted octanol–water partition coefficient (Wildman–Crippen LogP) is 1.49. The highest BCUT2D eigenvalue weighted by Gasteiger charge is 2.53. The van der Waals surface area contributed by atoms with E-state index in [0.717, 1.165) is 25.4 Å². The Kier molecular flexibility index (Phi) is 2.13. The molecule has 1 aliphatic carbocycles. The van der Waals surface area contributed by atoms with Crippen LogP contribution in [0.25, 0.3) is 0 Å². The summed E-state index contributed by atoms with van der Waals surface area (Å²) in [6.45, 7) is 1.62. The maximum Gasteiger partial charge on any atom is 0.417 e. The third kappa shape index (κ3) is 1.76. The van der Waals surface area contributed by atoms with Gasteiger partial charge in [-0.1, -0.05) is 0 Å². The first-order valence-electron chi connectivity index (χ1n) is 5.50. The van der Waals surface area contributed by atoms with Crippen LogP contribution in [-0.4, -0.2) is 24.1 Å². The van der Waals surface area contributed by atoms with E-state index in [1.807, 2.05) is 4.90 Å². The molecule has 0 radical (unpaired) electrons. The van der Waals surface area contributed by atoms with Crippen molar-refractivity contribution in [2.45, 2.75) is 12.2 Å². The lowest BCUT2D eigenvalue weighted by Crippen LogP contribution is -2.28. The summed E-state index contributed by atoms with van der Waals surface area (Å²) < 4.78 is 37.0. The van der Waals surface area contributed by atoms with E-state index in [9.17, 15) is 13.2 Å². The zero-order chi connectivity index (χ0) is 12.2. The average molecular weight is 243 g/mol. The van der Waals surface area contributed by atoms with Gasteiger partial charge in [0, 0.05) is 25.3 Å². The Morgan fingerprint density at radius 2 is 1.88 bits per heavy atom. The van der Waals surface area contributed by atoms with E-state index < -0.39 is 11.7 Å². The maximum atomic E-state index is 12.3. The summed E-state index contributed by atoms with van der Waals surface area (Å²) in [7, 11) is 0. The summed E-state index contributed by atoms with van der Waals surface area (Å²) in [4.78, 5) is 5.87. The number of nitrogens with zero attached hydrogens (tertiary/aromatic N) is 2. The lowest BCUT2D eigenvalue weighted by molar-refractivity contribution is -0.137. The molecule has 2 atom stereocenters. The van der Waals surface area contributed by atoms with E-state index in [4.69, 9.17) is 5.73 Å².